The minimum absolute atomic E-state index is 0.336. The van der Waals surface area contributed by atoms with Gasteiger partial charge in [0.1, 0.15) is 0 Å². The second kappa shape index (κ2) is 3.29. The van der Waals surface area contributed by atoms with E-state index in [1.54, 1.807) is 0 Å². The molecule has 3 aliphatic heterocycles. The first kappa shape index (κ1) is 9.00. The molecule has 3 aliphatic rings. The first-order valence-electron chi connectivity index (χ1n) is 5.22. The molecule has 0 aliphatic carbocycles. The van der Waals surface area contributed by atoms with Crippen molar-refractivity contribution in [2.24, 2.45) is 0 Å². The summed E-state index contributed by atoms with van der Waals surface area (Å²) in [5, 5.41) is 0. The van der Waals surface area contributed by atoms with Crippen LogP contribution in [0.3, 0.4) is 0 Å². The van der Waals surface area contributed by atoms with Crippen LogP contribution in [0.1, 0.15) is 26.2 Å². The van der Waals surface area contributed by atoms with Gasteiger partial charge >= 0.3 is 0 Å². The highest BCUT2D eigenvalue weighted by Crippen LogP contribution is 2.27. The molecule has 1 amide bonds. The number of piperazine rings is 1. The zero-order valence-electron chi connectivity index (χ0n) is 8.49. The van der Waals surface area contributed by atoms with E-state index >= 15 is 0 Å². The molecular weight excluding hydrogens is 164 g/mol. The number of carbonyl (C=O) groups is 1. The summed E-state index contributed by atoms with van der Waals surface area (Å²) in [6, 6.07) is 1.13. The maximum absolute atomic E-state index is 11.6. The van der Waals surface area contributed by atoms with Gasteiger partial charge in [0.15, 0.2) is 0 Å². The summed E-state index contributed by atoms with van der Waals surface area (Å²) in [7, 11) is 2.17. The first-order chi connectivity index (χ1) is 6.22. The van der Waals surface area contributed by atoms with Crippen molar-refractivity contribution in [3.05, 3.63) is 0 Å². The van der Waals surface area contributed by atoms with Gasteiger partial charge in [-0.2, -0.15) is 0 Å². The number of rotatable bonds is 1. The Labute approximate surface area is 79.7 Å². The standard InChI is InChI=1S/C10H18N2O/c1-3-10(13)12-7-8-4-5-9(12)6-11(8)2/h8-9H,3-7H2,1-2H3. The highest BCUT2D eigenvalue weighted by atomic mass is 16.2. The summed E-state index contributed by atoms with van der Waals surface area (Å²) >= 11 is 0. The second-order valence-corrected chi connectivity index (χ2v) is 4.22. The van der Waals surface area contributed by atoms with Crippen molar-refractivity contribution in [3.8, 4) is 0 Å². The third-order valence-corrected chi connectivity index (χ3v) is 3.43. The van der Waals surface area contributed by atoms with Crippen LogP contribution in [-0.2, 0) is 4.79 Å². The zero-order chi connectivity index (χ0) is 9.42. The molecule has 0 saturated carbocycles. The van der Waals surface area contributed by atoms with Crippen LogP contribution >= 0.6 is 0 Å². The van der Waals surface area contributed by atoms with Crippen molar-refractivity contribution in [3.63, 3.8) is 0 Å². The Kier molecular flexibility index (Phi) is 2.28. The van der Waals surface area contributed by atoms with Crippen molar-refractivity contribution < 1.29 is 4.79 Å². The van der Waals surface area contributed by atoms with Gasteiger partial charge in [-0.15, -0.1) is 0 Å². The van der Waals surface area contributed by atoms with E-state index in [0.29, 0.717) is 24.4 Å². The third-order valence-electron chi connectivity index (χ3n) is 3.43. The third kappa shape index (κ3) is 1.46. The molecule has 3 heteroatoms. The topological polar surface area (TPSA) is 23.6 Å². The molecule has 0 radical (unpaired) electrons. The number of piperidine rings is 2. The van der Waals surface area contributed by atoms with Crippen LogP contribution in [0.2, 0.25) is 0 Å². The molecule has 2 bridgehead atoms. The van der Waals surface area contributed by atoms with E-state index in [1.165, 1.54) is 12.8 Å². The van der Waals surface area contributed by atoms with Crippen molar-refractivity contribution in [1.29, 1.82) is 0 Å². The zero-order valence-corrected chi connectivity index (χ0v) is 8.49. The van der Waals surface area contributed by atoms with Crippen LogP contribution in [0, 0.1) is 0 Å². The van der Waals surface area contributed by atoms with E-state index in [9.17, 15) is 4.79 Å². The molecule has 0 aromatic rings. The predicted molar refractivity (Wildman–Crippen MR) is 51.4 cm³/mol. The molecule has 74 valence electrons. The van der Waals surface area contributed by atoms with Crippen LogP contribution in [0.15, 0.2) is 0 Å². The van der Waals surface area contributed by atoms with E-state index in [1.807, 2.05) is 6.92 Å². The molecule has 3 nitrogen and oxygen atoms in total. The molecule has 0 spiro atoms. The number of nitrogens with zero attached hydrogens (tertiary/aromatic N) is 2. The summed E-state index contributed by atoms with van der Waals surface area (Å²) < 4.78 is 0. The normalized spacial score (nSPS) is 33.8. The van der Waals surface area contributed by atoms with E-state index < -0.39 is 0 Å². The molecule has 0 aromatic carbocycles. The number of likely N-dealkylation sites (N-methyl/N-ethyl adjacent to an activating group) is 1. The number of fused-ring (bicyclic) bond motifs is 3. The SMILES string of the molecule is CCC(=O)N1CC2CCC1CN2C. The lowest BCUT2D eigenvalue weighted by atomic mass is 9.91. The van der Waals surface area contributed by atoms with Crippen LogP contribution in [-0.4, -0.2) is 47.9 Å². The Morgan fingerprint density at radius 1 is 1.31 bits per heavy atom. The lowest BCUT2D eigenvalue weighted by Gasteiger charge is -2.50. The largest absolute Gasteiger partial charge is 0.337 e. The van der Waals surface area contributed by atoms with Gasteiger partial charge in [-0.25, -0.2) is 0 Å². The van der Waals surface area contributed by atoms with Crippen LogP contribution in [0.4, 0.5) is 0 Å². The van der Waals surface area contributed by atoms with Gasteiger partial charge in [-0.1, -0.05) is 6.92 Å². The first-order valence-corrected chi connectivity index (χ1v) is 5.22. The van der Waals surface area contributed by atoms with Crippen molar-refractivity contribution in [2.45, 2.75) is 38.3 Å². The fourth-order valence-corrected chi connectivity index (χ4v) is 2.55. The van der Waals surface area contributed by atoms with E-state index in [-0.39, 0.29) is 0 Å². The van der Waals surface area contributed by atoms with Crippen molar-refractivity contribution in [2.75, 3.05) is 20.1 Å². The Morgan fingerprint density at radius 2 is 2.00 bits per heavy atom. The average molecular weight is 182 g/mol. The van der Waals surface area contributed by atoms with Gasteiger partial charge in [0.25, 0.3) is 0 Å². The summed E-state index contributed by atoms with van der Waals surface area (Å²) in [6.45, 7) is 4.00. The molecule has 3 saturated heterocycles. The van der Waals surface area contributed by atoms with Crippen LogP contribution < -0.4 is 0 Å². The molecule has 2 unspecified atom stereocenters. The number of hydrogen-bond donors (Lipinski definition) is 0. The Morgan fingerprint density at radius 3 is 2.46 bits per heavy atom. The fraction of sp³-hybridized carbons (Fsp3) is 0.900. The molecule has 3 heterocycles. The Balaban J connectivity index is 2.06. The molecular formula is C10H18N2O. The second-order valence-electron chi connectivity index (χ2n) is 4.22. The number of hydrogen-bond acceptors (Lipinski definition) is 2. The minimum Gasteiger partial charge on any atom is -0.337 e. The van der Waals surface area contributed by atoms with Crippen molar-refractivity contribution >= 4 is 5.91 Å². The highest BCUT2D eigenvalue weighted by Gasteiger charge is 2.38. The van der Waals surface area contributed by atoms with Gasteiger partial charge in [0.05, 0.1) is 0 Å². The Hall–Kier alpha value is -0.570. The van der Waals surface area contributed by atoms with Crippen LogP contribution in [0.25, 0.3) is 0 Å². The molecule has 3 fully saturated rings. The quantitative estimate of drug-likeness (QED) is 0.596. The summed E-state index contributed by atoms with van der Waals surface area (Å²) in [6.07, 6.45) is 3.14. The van der Waals surface area contributed by atoms with Gasteiger partial charge in [0.2, 0.25) is 5.91 Å². The van der Waals surface area contributed by atoms with Crippen molar-refractivity contribution in [1.82, 2.24) is 9.80 Å². The van der Waals surface area contributed by atoms with E-state index in [0.717, 1.165) is 13.1 Å². The van der Waals surface area contributed by atoms with Gasteiger partial charge in [-0.05, 0) is 19.9 Å². The molecule has 2 atom stereocenters. The molecule has 0 N–H and O–H groups in total. The molecule has 3 rings (SSSR count). The summed E-state index contributed by atoms with van der Waals surface area (Å²) in [5.74, 6) is 0.336. The monoisotopic (exact) mass is 182 g/mol. The fourth-order valence-electron chi connectivity index (χ4n) is 2.55. The maximum atomic E-state index is 11.6. The lowest BCUT2D eigenvalue weighted by molar-refractivity contribution is -0.140. The molecule has 0 aromatic heterocycles. The van der Waals surface area contributed by atoms with Gasteiger partial charge in [0, 0.05) is 31.6 Å². The van der Waals surface area contributed by atoms with Gasteiger partial charge in [-0.3, -0.25) is 9.69 Å². The average Bonchev–Trinajstić information content (AvgIpc) is 2.17. The maximum Gasteiger partial charge on any atom is 0.222 e. The van der Waals surface area contributed by atoms with Crippen LogP contribution in [0.5, 0.6) is 0 Å². The summed E-state index contributed by atoms with van der Waals surface area (Å²) in [5.41, 5.74) is 0. The Bertz CT molecular complexity index is 217. The van der Waals surface area contributed by atoms with E-state index in [4.69, 9.17) is 0 Å². The predicted octanol–water partition coefficient (Wildman–Crippen LogP) is 0.701. The summed E-state index contributed by atoms with van der Waals surface area (Å²) in [4.78, 5) is 16.1. The smallest absolute Gasteiger partial charge is 0.222 e. The number of carbonyl (C=O) groups excluding carboxylic acids is 1. The molecule has 13 heavy (non-hydrogen) atoms. The highest BCUT2D eigenvalue weighted by molar-refractivity contribution is 5.76. The number of amides is 1. The van der Waals surface area contributed by atoms with Gasteiger partial charge < -0.3 is 4.90 Å². The van der Waals surface area contributed by atoms with E-state index in [2.05, 4.69) is 16.8 Å². The lowest BCUT2D eigenvalue weighted by Crippen LogP contribution is -2.62. The minimum atomic E-state index is 0.336.